The van der Waals surface area contributed by atoms with E-state index in [-0.39, 0.29) is 37.0 Å². The van der Waals surface area contributed by atoms with Crippen LogP contribution in [0.4, 0.5) is 0 Å². The molecule has 7 heteroatoms. The summed E-state index contributed by atoms with van der Waals surface area (Å²) >= 11 is 0. The minimum atomic E-state index is -0.210. The van der Waals surface area contributed by atoms with Crippen molar-refractivity contribution in [3.05, 3.63) is 24.3 Å². The highest BCUT2D eigenvalue weighted by molar-refractivity contribution is 5.81. The zero-order valence-corrected chi connectivity index (χ0v) is 15.3. The van der Waals surface area contributed by atoms with Gasteiger partial charge in [0.25, 0.3) is 0 Å². The van der Waals surface area contributed by atoms with Crippen LogP contribution in [0.2, 0.25) is 0 Å². The van der Waals surface area contributed by atoms with Gasteiger partial charge in [0, 0.05) is 13.1 Å². The number of amides is 2. The number of fused-ring (bicyclic) bond motifs is 1. The number of nitrogens with one attached hydrogen (secondary N) is 1. The van der Waals surface area contributed by atoms with Crippen LogP contribution in [0.5, 0.6) is 11.5 Å². The van der Waals surface area contributed by atoms with Gasteiger partial charge in [-0.05, 0) is 33.0 Å². The maximum atomic E-state index is 12.3. The van der Waals surface area contributed by atoms with Crippen molar-refractivity contribution >= 4 is 11.8 Å². The molecular formula is C18H27N3O4. The van der Waals surface area contributed by atoms with E-state index in [1.807, 2.05) is 38.1 Å². The molecule has 0 saturated carbocycles. The number of carbonyl (C=O) groups excluding carboxylic acids is 2. The van der Waals surface area contributed by atoms with E-state index in [2.05, 4.69) is 5.32 Å². The summed E-state index contributed by atoms with van der Waals surface area (Å²) in [6, 6.07) is 7.58. The average molecular weight is 349 g/mol. The quantitative estimate of drug-likeness (QED) is 0.786. The summed E-state index contributed by atoms with van der Waals surface area (Å²) in [5, 5.41) is 2.81. The zero-order valence-electron chi connectivity index (χ0n) is 15.3. The molecule has 1 aliphatic heterocycles. The summed E-state index contributed by atoms with van der Waals surface area (Å²) in [6.07, 6.45) is -0.210. The summed E-state index contributed by atoms with van der Waals surface area (Å²) < 4.78 is 11.5. The van der Waals surface area contributed by atoms with E-state index >= 15 is 0 Å². The lowest BCUT2D eigenvalue weighted by Crippen LogP contribution is -2.46. The molecule has 0 saturated heterocycles. The molecule has 1 aromatic carbocycles. The number of nitrogens with zero attached hydrogens (tertiary/aromatic N) is 2. The van der Waals surface area contributed by atoms with E-state index < -0.39 is 0 Å². The predicted molar refractivity (Wildman–Crippen MR) is 94.8 cm³/mol. The van der Waals surface area contributed by atoms with Crippen molar-refractivity contribution in [2.75, 3.05) is 40.3 Å². The first-order valence-electron chi connectivity index (χ1n) is 8.45. The Morgan fingerprint density at radius 1 is 1.20 bits per heavy atom. The summed E-state index contributed by atoms with van der Waals surface area (Å²) in [6.45, 7) is 5.00. The number of hydrogen-bond donors (Lipinski definition) is 1. The number of carbonyl (C=O) groups is 2. The molecule has 0 aliphatic carbocycles. The Labute approximate surface area is 148 Å². The van der Waals surface area contributed by atoms with Gasteiger partial charge < -0.3 is 19.7 Å². The molecule has 0 fully saturated rings. The first-order valence-corrected chi connectivity index (χ1v) is 8.45. The highest BCUT2D eigenvalue weighted by Crippen LogP contribution is 2.30. The standard InChI is InChI=1S/C18H27N3O4/c1-13(2)19-17(22)10-20(3)11-18(23)21(4)9-14-12-24-15-7-5-6-8-16(15)25-14/h5-8,13-14H,9-12H2,1-4H3,(H,19,22)/t14-/m0/s1. The molecule has 7 nitrogen and oxygen atoms in total. The molecule has 1 aromatic rings. The fourth-order valence-corrected chi connectivity index (χ4v) is 2.58. The molecule has 1 aliphatic rings. The first-order chi connectivity index (χ1) is 11.8. The molecule has 25 heavy (non-hydrogen) atoms. The van der Waals surface area contributed by atoms with Crippen LogP contribution in [0.25, 0.3) is 0 Å². The third-order valence-corrected chi connectivity index (χ3v) is 3.74. The fraction of sp³-hybridized carbons (Fsp3) is 0.556. The maximum Gasteiger partial charge on any atom is 0.236 e. The number of para-hydroxylation sites is 2. The Kier molecular flexibility index (Phi) is 6.64. The van der Waals surface area contributed by atoms with Crippen LogP contribution in [-0.4, -0.2) is 74.1 Å². The minimum Gasteiger partial charge on any atom is -0.486 e. The van der Waals surface area contributed by atoms with Crippen molar-refractivity contribution in [3.63, 3.8) is 0 Å². The van der Waals surface area contributed by atoms with Crippen LogP contribution in [-0.2, 0) is 9.59 Å². The Hall–Kier alpha value is -2.28. The molecule has 0 radical (unpaired) electrons. The SMILES string of the molecule is CC(C)NC(=O)CN(C)CC(=O)N(C)C[C@H]1COc2ccccc2O1. The molecule has 2 amide bonds. The highest BCUT2D eigenvalue weighted by Gasteiger charge is 2.24. The fourth-order valence-electron chi connectivity index (χ4n) is 2.58. The van der Waals surface area contributed by atoms with Crippen LogP contribution in [0.15, 0.2) is 24.3 Å². The van der Waals surface area contributed by atoms with Gasteiger partial charge >= 0.3 is 0 Å². The lowest BCUT2D eigenvalue weighted by atomic mass is 10.2. The second-order valence-electron chi connectivity index (χ2n) is 6.67. The molecular weight excluding hydrogens is 322 g/mol. The van der Waals surface area contributed by atoms with E-state index in [0.29, 0.717) is 18.9 Å². The van der Waals surface area contributed by atoms with Crippen LogP contribution in [0.1, 0.15) is 13.8 Å². The maximum absolute atomic E-state index is 12.3. The topological polar surface area (TPSA) is 71.1 Å². The van der Waals surface area contributed by atoms with Gasteiger partial charge in [-0.15, -0.1) is 0 Å². The number of likely N-dealkylation sites (N-methyl/N-ethyl adjacent to an activating group) is 2. The van der Waals surface area contributed by atoms with Crippen molar-refractivity contribution in [3.8, 4) is 11.5 Å². The highest BCUT2D eigenvalue weighted by atomic mass is 16.6. The molecule has 1 heterocycles. The third-order valence-electron chi connectivity index (χ3n) is 3.74. The van der Waals surface area contributed by atoms with E-state index in [1.54, 1.807) is 23.9 Å². The van der Waals surface area contributed by atoms with E-state index in [1.165, 1.54) is 0 Å². The van der Waals surface area contributed by atoms with Gasteiger partial charge in [0.1, 0.15) is 6.61 Å². The van der Waals surface area contributed by atoms with Gasteiger partial charge in [-0.3, -0.25) is 14.5 Å². The summed E-state index contributed by atoms with van der Waals surface area (Å²) in [5.41, 5.74) is 0. The second kappa shape index (κ2) is 8.71. The van der Waals surface area contributed by atoms with Gasteiger partial charge in [-0.2, -0.15) is 0 Å². The van der Waals surface area contributed by atoms with Crippen molar-refractivity contribution in [1.29, 1.82) is 0 Å². The number of ether oxygens (including phenoxy) is 2. The number of hydrogen-bond acceptors (Lipinski definition) is 5. The molecule has 1 N–H and O–H groups in total. The molecule has 0 spiro atoms. The third kappa shape index (κ3) is 5.94. The average Bonchev–Trinajstić information content (AvgIpc) is 2.53. The molecule has 138 valence electrons. The van der Waals surface area contributed by atoms with E-state index in [0.717, 1.165) is 5.75 Å². The largest absolute Gasteiger partial charge is 0.486 e. The summed E-state index contributed by atoms with van der Waals surface area (Å²) in [7, 11) is 3.48. The van der Waals surface area contributed by atoms with Crippen molar-refractivity contribution in [2.24, 2.45) is 0 Å². The molecule has 0 bridgehead atoms. The van der Waals surface area contributed by atoms with Gasteiger partial charge in [-0.25, -0.2) is 0 Å². The lowest BCUT2D eigenvalue weighted by molar-refractivity contribution is -0.132. The van der Waals surface area contributed by atoms with Crippen molar-refractivity contribution in [1.82, 2.24) is 15.1 Å². The number of rotatable bonds is 7. The predicted octanol–water partition coefficient (Wildman–Crippen LogP) is 0.741. The van der Waals surface area contributed by atoms with Gasteiger partial charge in [0.05, 0.1) is 19.6 Å². The van der Waals surface area contributed by atoms with Crippen molar-refractivity contribution < 1.29 is 19.1 Å². The Morgan fingerprint density at radius 3 is 2.56 bits per heavy atom. The molecule has 2 rings (SSSR count). The zero-order chi connectivity index (χ0) is 18.4. The molecule has 0 unspecified atom stereocenters. The Morgan fingerprint density at radius 2 is 1.88 bits per heavy atom. The normalized spacial score (nSPS) is 16.0. The smallest absolute Gasteiger partial charge is 0.236 e. The monoisotopic (exact) mass is 349 g/mol. The molecule has 1 atom stereocenters. The molecule has 0 aromatic heterocycles. The van der Waals surface area contributed by atoms with Crippen LogP contribution < -0.4 is 14.8 Å². The number of benzene rings is 1. The van der Waals surface area contributed by atoms with Crippen molar-refractivity contribution in [2.45, 2.75) is 26.0 Å². The van der Waals surface area contributed by atoms with Crippen LogP contribution in [0.3, 0.4) is 0 Å². The van der Waals surface area contributed by atoms with E-state index in [4.69, 9.17) is 9.47 Å². The van der Waals surface area contributed by atoms with Gasteiger partial charge in [0.2, 0.25) is 11.8 Å². The minimum absolute atomic E-state index is 0.0673. The van der Waals surface area contributed by atoms with Crippen LogP contribution >= 0.6 is 0 Å². The second-order valence-corrected chi connectivity index (χ2v) is 6.67. The summed E-state index contributed by atoms with van der Waals surface area (Å²) in [4.78, 5) is 27.4. The first kappa shape index (κ1) is 19.1. The van der Waals surface area contributed by atoms with Gasteiger partial charge in [0.15, 0.2) is 17.6 Å². The van der Waals surface area contributed by atoms with Gasteiger partial charge in [-0.1, -0.05) is 12.1 Å². The Balaban J connectivity index is 1.78. The lowest BCUT2D eigenvalue weighted by Gasteiger charge is -2.30. The van der Waals surface area contributed by atoms with Crippen LogP contribution in [0, 0.1) is 0 Å². The summed E-state index contributed by atoms with van der Waals surface area (Å²) in [5.74, 6) is 1.27. The Bertz CT molecular complexity index is 606. The van der Waals surface area contributed by atoms with E-state index in [9.17, 15) is 9.59 Å².